The molecule has 1 saturated heterocycles. The molecule has 0 atom stereocenters. The Labute approximate surface area is 223 Å². The first-order valence-corrected chi connectivity index (χ1v) is 13.1. The highest BCUT2D eigenvalue weighted by molar-refractivity contribution is 7.89. The van der Waals surface area contributed by atoms with E-state index < -0.39 is 33.6 Å². The standard InChI is InChI=1S/C24H19F6N7O2S/c25-23(26,27)15-1-6-18-19(7-8-31-20(18)13-15)33-16-2-4-17(5-3-16)40(38,39)37-11-9-36(10-12-37)22-34-21(14-32-35-22)24(28,29)30/h1-8,13-14H,9-12H2,(H,31,33). The van der Waals surface area contributed by atoms with E-state index in [-0.39, 0.29) is 42.5 Å². The van der Waals surface area contributed by atoms with Crippen molar-refractivity contribution in [1.82, 2.24) is 24.5 Å². The molecule has 0 amide bonds. The van der Waals surface area contributed by atoms with Crippen molar-refractivity contribution in [2.24, 2.45) is 0 Å². The lowest BCUT2D eigenvalue weighted by Crippen LogP contribution is -2.49. The minimum absolute atomic E-state index is 0.00195. The number of nitrogens with zero attached hydrogens (tertiary/aromatic N) is 6. The van der Waals surface area contributed by atoms with Gasteiger partial charge in [-0.05, 0) is 42.5 Å². The van der Waals surface area contributed by atoms with Gasteiger partial charge in [-0.2, -0.15) is 35.7 Å². The van der Waals surface area contributed by atoms with Crippen molar-refractivity contribution >= 4 is 38.2 Å². The summed E-state index contributed by atoms with van der Waals surface area (Å²) in [6, 6.07) is 10.6. The van der Waals surface area contributed by atoms with Gasteiger partial charge in [-0.1, -0.05) is 6.07 Å². The molecule has 0 spiro atoms. The molecule has 9 nitrogen and oxygen atoms in total. The minimum Gasteiger partial charge on any atom is -0.355 e. The van der Waals surface area contributed by atoms with Crippen LogP contribution in [0.15, 0.2) is 65.8 Å². The number of fused-ring (bicyclic) bond motifs is 1. The van der Waals surface area contributed by atoms with Gasteiger partial charge in [0.15, 0.2) is 5.69 Å². The molecule has 1 N–H and O–H groups in total. The highest BCUT2D eigenvalue weighted by Gasteiger charge is 2.35. The molecule has 210 valence electrons. The van der Waals surface area contributed by atoms with Crippen molar-refractivity contribution in [2.75, 3.05) is 36.4 Å². The molecule has 2 aromatic carbocycles. The number of halogens is 6. The molecule has 5 rings (SSSR count). The van der Waals surface area contributed by atoms with Crippen LogP contribution in [-0.4, -0.2) is 59.1 Å². The van der Waals surface area contributed by atoms with Crippen LogP contribution in [0.4, 0.5) is 43.7 Å². The average molecular weight is 584 g/mol. The van der Waals surface area contributed by atoms with Crippen LogP contribution in [0.2, 0.25) is 0 Å². The summed E-state index contributed by atoms with van der Waals surface area (Å²) in [6.45, 7) is 0.107. The van der Waals surface area contributed by atoms with Crippen LogP contribution in [0.1, 0.15) is 11.3 Å². The van der Waals surface area contributed by atoms with E-state index >= 15 is 0 Å². The first-order valence-electron chi connectivity index (χ1n) is 11.7. The molecule has 0 radical (unpaired) electrons. The monoisotopic (exact) mass is 583 g/mol. The third-order valence-corrected chi connectivity index (χ3v) is 8.11. The van der Waals surface area contributed by atoms with Crippen molar-refractivity contribution in [3.63, 3.8) is 0 Å². The van der Waals surface area contributed by atoms with Gasteiger partial charge in [-0.25, -0.2) is 13.4 Å². The average Bonchev–Trinajstić information content (AvgIpc) is 2.92. The van der Waals surface area contributed by atoms with Gasteiger partial charge in [0.2, 0.25) is 16.0 Å². The normalized spacial score (nSPS) is 15.4. The van der Waals surface area contributed by atoms with Crippen LogP contribution in [0.3, 0.4) is 0 Å². The summed E-state index contributed by atoms with van der Waals surface area (Å²) in [5.74, 6) is -0.236. The van der Waals surface area contributed by atoms with Crippen LogP contribution < -0.4 is 10.2 Å². The fourth-order valence-electron chi connectivity index (χ4n) is 4.14. The second-order valence-electron chi connectivity index (χ2n) is 8.77. The largest absolute Gasteiger partial charge is 0.435 e. The third kappa shape index (κ3) is 5.62. The maximum Gasteiger partial charge on any atom is 0.435 e. The number of nitrogens with one attached hydrogen (secondary N) is 1. The second-order valence-corrected chi connectivity index (χ2v) is 10.7. The van der Waals surface area contributed by atoms with Crippen molar-refractivity contribution in [3.8, 4) is 0 Å². The second kappa shape index (κ2) is 10.2. The van der Waals surface area contributed by atoms with Crippen molar-refractivity contribution in [2.45, 2.75) is 17.2 Å². The molecular weight excluding hydrogens is 564 g/mol. The molecule has 4 aromatic rings. The first-order chi connectivity index (χ1) is 18.8. The van der Waals surface area contributed by atoms with Crippen molar-refractivity contribution in [3.05, 3.63) is 72.2 Å². The van der Waals surface area contributed by atoms with Gasteiger partial charge in [0.1, 0.15) is 0 Å². The van der Waals surface area contributed by atoms with E-state index in [1.165, 1.54) is 45.7 Å². The fraction of sp³-hybridized carbons (Fsp3) is 0.250. The van der Waals surface area contributed by atoms with E-state index in [1.807, 2.05) is 0 Å². The molecule has 0 unspecified atom stereocenters. The molecule has 1 aliphatic heterocycles. The molecule has 40 heavy (non-hydrogen) atoms. The molecular formula is C24H19F6N7O2S. The van der Waals surface area contributed by atoms with E-state index in [9.17, 15) is 34.8 Å². The lowest BCUT2D eigenvalue weighted by molar-refractivity contribution is -0.141. The number of benzene rings is 2. The highest BCUT2D eigenvalue weighted by Crippen LogP contribution is 2.34. The van der Waals surface area contributed by atoms with Crippen LogP contribution in [0.5, 0.6) is 0 Å². The topological polar surface area (TPSA) is 104 Å². The molecule has 1 fully saturated rings. The maximum atomic E-state index is 13.2. The first kappa shape index (κ1) is 27.5. The van der Waals surface area contributed by atoms with E-state index in [2.05, 4.69) is 25.5 Å². The van der Waals surface area contributed by atoms with Gasteiger partial charge >= 0.3 is 12.4 Å². The lowest BCUT2D eigenvalue weighted by Gasteiger charge is -2.33. The van der Waals surface area contributed by atoms with Gasteiger partial charge in [0.25, 0.3) is 0 Å². The Morgan fingerprint density at radius 3 is 2.20 bits per heavy atom. The summed E-state index contributed by atoms with van der Waals surface area (Å²) in [4.78, 5) is 8.92. The van der Waals surface area contributed by atoms with E-state index in [0.29, 0.717) is 23.0 Å². The summed E-state index contributed by atoms with van der Waals surface area (Å²) in [5, 5.41) is 10.5. The number of hydrogen-bond donors (Lipinski definition) is 1. The Morgan fingerprint density at radius 2 is 1.55 bits per heavy atom. The SMILES string of the molecule is O=S(=O)(c1ccc(Nc2ccnc3cc(C(F)(F)F)ccc23)cc1)N1CCN(c2nncc(C(F)(F)F)n2)CC1. The minimum atomic E-state index is -4.68. The molecule has 2 aromatic heterocycles. The zero-order valence-electron chi connectivity index (χ0n) is 20.3. The number of piperazine rings is 1. The lowest BCUT2D eigenvalue weighted by atomic mass is 10.1. The number of aromatic nitrogens is 4. The Hall–Kier alpha value is -4.05. The Balaban J connectivity index is 1.27. The van der Waals surface area contributed by atoms with E-state index in [1.54, 1.807) is 6.07 Å². The molecule has 3 heterocycles. The Morgan fingerprint density at radius 1 is 0.850 bits per heavy atom. The number of rotatable bonds is 5. The van der Waals surface area contributed by atoms with Gasteiger partial charge < -0.3 is 10.2 Å². The summed E-state index contributed by atoms with van der Waals surface area (Å²) in [6.07, 6.45) is -7.30. The number of pyridine rings is 1. The van der Waals surface area contributed by atoms with Gasteiger partial charge in [-0.15, -0.1) is 5.10 Å². The summed E-state index contributed by atoms with van der Waals surface area (Å²) in [5.41, 5.74) is -0.891. The van der Waals surface area contributed by atoms with Crippen LogP contribution in [0.25, 0.3) is 10.9 Å². The summed E-state index contributed by atoms with van der Waals surface area (Å²) >= 11 is 0. The highest BCUT2D eigenvalue weighted by atomic mass is 32.2. The van der Waals surface area contributed by atoms with Crippen molar-refractivity contribution < 1.29 is 34.8 Å². The smallest absolute Gasteiger partial charge is 0.355 e. The van der Waals surface area contributed by atoms with Crippen molar-refractivity contribution in [1.29, 1.82) is 0 Å². The zero-order valence-corrected chi connectivity index (χ0v) is 21.1. The van der Waals surface area contributed by atoms with Gasteiger partial charge in [0, 0.05) is 49.1 Å². The summed E-state index contributed by atoms with van der Waals surface area (Å²) < 4.78 is 105. The molecule has 0 bridgehead atoms. The zero-order chi connectivity index (χ0) is 28.7. The van der Waals surface area contributed by atoms with Crippen LogP contribution >= 0.6 is 0 Å². The maximum absolute atomic E-state index is 13.2. The Bertz CT molecular complexity index is 1640. The summed E-state index contributed by atoms with van der Waals surface area (Å²) in [7, 11) is -3.92. The van der Waals surface area contributed by atoms with Crippen LogP contribution in [0, 0.1) is 0 Å². The molecule has 0 aliphatic carbocycles. The Kier molecular flexibility index (Phi) is 6.99. The predicted molar refractivity (Wildman–Crippen MR) is 132 cm³/mol. The number of alkyl halides is 6. The van der Waals surface area contributed by atoms with E-state index in [0.717, 1.165) is 12.1 Å². The van der Waals surface area contributed by atoms with E-state index in [4.69, 9.17) is 0 Å². The molecule has 0 saturated carbocycles. The molecule has 1 aliphatic rings. The molecule has 16 heteroatoms. The number of hydrogen-bond acceptors (Lipinski definition) is 8. The number of anilines is 3. The number of sulfonamides is 1. The third-order valence-electron chi connectivity index (χ3n) is 6.20. The van der Waals surface area contributed by atoms with Crippen LogP contribution in [-0.2, 0) is 22.4 Å². The van der Waals surface area contributed by atoms with Gasteiger partial charge in [0.05, 0.1) is 22.2 Å². The quantitative estimate of drug-likeness (QED) is 0.337. The fourth-order valence-corrected chi connectivity index (χ4v) is 5.56. The predicted octanol–water partition coefficient (Wildman–Crippen LogP) is 4.71. The van der Waals surface area contributed by atoms with Gasteiger partial charge in [-0.3, -0.25) is 4.98 Å².